The molecule has 200 valence electrons. The van der Waals surface area contributed by atoms with Crippen LogP contribution in [-0.2, 0) is 0 Å². The first-order valence-corrected chi connectivity index (χ1v) is 13.6. The molecule has 6 nitrogen and oxygen atoms in total. The lowest BCUT2D eigenvalue weighted by Gasteiger charge is -2.20. The Balaban J connectivity index is 1.45. The van der Waals surface area contributed by atoms with Crippen LogP contribution < -0.4 is 0 Å². The topological polar surface area (TPSA) is 86.3 Å². The van der Waals surface area contributed by atoms with E-state index in [4.69, 9.17) is 0 Å². The van der Waals surface area contributed by atoms with E-state index in [0.717, 1.165) is 54.4 Å². The average Bonchev–Trinajstić information content (AvgIpc) is 2.96. The second kappa shape index (κ2) is 13.0. The number of allylic oxidation sites excluding steroid dienone is 12. The van der Waals surface area contributed by atoms with Crippen LogP contribution in [0.4, 0.5) is 11.4 Å². The minimum atomic E-state index is -0.366. The van der Waals surface area contributed by atoms with Crippen molar-refractivity contribution in [3.63, 3.8) is 0 Å². The molecule has 0 atom stereocenters. The molecule has 2 aliphatic rings. The Kier molecular flexibility index (Phi) is 9.21. The Hall–Kier alpha value is -4.32. The zero-order valence-electron chi connectivity index (χ0n) is 22.5. The van der Waals surface area contributed by atoms with E-state index < -0.39 is 0 Å². The second-order valence-corrected chi connectivity index (χ2v) is 9.98. The molecule has 39 heavy (non-hydrogen) atoms. The Morgan fingerprint density at radius 3 is 1.23 bits per heavy atom. The maximum Gasteiger partial charge on any atom is 0.269 e. The molecule has 0 saturated carbocycles. The fourth-order valence-electron chi connectivity index (χ4n) is 5.16. The van der Waals surface area contributed by atoms with Gasteiger partial charge in [-0.2, -0.15) is 0 Å². The van der Waals surface area contributed by atoms with E-state index in [-0.39, 0.29) is 21.2 Å². The molecule has 0 saturated heterocycles. The van der Waals surface area contributed by atoms with Crippen LogP contribution in [0, 0.1) is 32.1 Å². The zero-order chi connectivity index (χ0) is 27.8. The molecule has 2 aromatic carbocycles. The van der Waals surface area contributed by atoms with Gasteiger partial charge in [0.2, 0.25) is 0 Å². The molecule has 0 fully saturated rings. The highest BCUT2D eigenvalue weighted by molar-refractivity contribution is 5.75. The van der Waals surface area contributed by atoms with Crippen molar-refractivity contribution in [1.29, 1.82) is 0 Å². The SMILES string of the molecule is CCCC(=C1C=CC(CC2C=CC(=C(CCC)c3ccc([N+](=O)[O-])cc3)C=C2)C=C1)c1ccc([N+](=O)[O-])cc1. The lowest BCUT2D eigenvalue weighted by atomic mass is 9.84. The normalized spacial score (nSPS) is 17.9. The van der Waals surface area contributed by atoms with Crippen LogP contribution >= 0.6 is 0 Å². The minimum Gasteiger partial charge on any atom is -0.258 e. The van der Waals surface area contributed by atoms with Gasteiger partial charge in [-0.1, -0.05) is 75.3 Å². The van der Waals surface area contributed by atoms with Gasteiger partial charge in [-0.3, -0.25) is 20.2 Å². The summed E-state index contributed by atoms with van der Waals surface area (Å²) in [4.78, 5) is 21.3. The van der Waals surface area contributed by atoms with Crippen LogP contribution in [0.15, 0.2) is 108 Å². The third-order valence-electron chi connectivity index (χ3n) is 7.19. The van der Waals surface area contributed by atoms with Gasteiger partial charge in [-0.05, 0) is 88.8 Å². The van der Waals surface area contributed by atoms with Crippen molar-refractivity contribution in [1.82, 2.24) is 0 Å². The van der Waals surface area contributed by atoms with E-state index in [0.29, 0.717) is 11.8 Å². The van der Waals surface area contributed by atoms with Gasteiger partial charge in [0.15, 0.2) is 0 Å². The van der Waals surface area contributed by atoms with Crippen molar-refractivity contribution in [2.75, 3.05) is 0 Å². The number of nitro benzene ring substituents is 2. The molecule has 0 spiro atoms. The largest absolute Gasteiger partial charge is 0.269 e. The monoisotopic (exact) mass is 522 g/mol. The number of nitrogens with zero attached hydrogens (tertiary/aromatic N) is 2. The molecule has 2 aromatic rings. The number of nitro groups is 2. The molecule has 6 heteroatoms. The van der Waals surface area contributed by atoms with Gasteiger partial charge in [0.1, 0.15) is 0 Å². The molecular formula is C33H34N2O4. The summed E-state index contributed by atoms with van der Waals surface area (Å²) < 4.78 is 0. The highest BCUT2D eigenvalue weighted by atomic mass is 16.6. The summed E-state index contributed by atoms with van der Waals surface area (Å²) in [6.45, 7) is 4.28. The van der Waals surface area contributed by atoms with E-state index in [1.54, 1.807) is 24.3 Å². The van der Waals surface area contributed by atoms with Crippen molar-refractivity contribution in [2.24, 2.45) is 11.8 Å². The van der Waals surface area contributed by atoms with Gasteiger partial charge in [-0.15, -0.1) is 0 Å². The van der Waals surface area contributed by atoms with Crippen LogP contribution in [0.5, 0.6) is 0 Å². The van der Waals surface area contributed by atoms with Gasteiger partial charge in [0, 0.05) is 24.3 Å². The van der Waals surface area contributed by atoms with Gasteiger partial charge >= 0.3 is 0 Å². The second-order valence-electron chi connectivity index (χ2n) is 9.98. The van der Waals surface area contributed by atoms with E-state index in [1.807, 2.05) is 24.3 Å². The zero-order valence-corrected chi connectivity index (χ0v) is 22.5. The van der Waals surface area contributed by atoms with Gasteiger partial charge < -0.3 is 0 Å². The Morgan fingerprint density at radius 2 is 0.949 bits per heavy atom. The van der Waals surface area contributed by atoms with Crippen LogP contribution in [0.3, 0.4) is 0 Å². The minimum absolute atomic E-state index is 0.107. The fourth-order valence-corrected chi connectivity index (χ4v) is 5.16. The summed E-state index contributed by atoms with van der Waals surface area (Å²) in [5, 5.41) is 22.0. The van der Waals surface area contributed by atoms with Crippen LogP contribution in [0.2, 0.25) is 0 Å². The number of benzene rings is 2. The predicted molar refractivity (Wildman–Crippen MR) is 158 cm³/mol. The standard InChI is InChI=1S/C33H34N2O4/c1-3-5-32(28-15-19-30(20-16-28)34(36)37)26-11-7-24(8-12-26)23-25-9-13-27(14-10-25)33(6-4-2)29-17-21-31(22-18-29)35(38)39/h7-22,24-25H,3-6,23H2,1-2H3. The van der Waals surface area contributed by atoms with Crippen molar-refractivity contribution in [3.8, 4) is 0 Å². The smallest absolute Gasteiger partial charge is 0.258 e. The third-order valence-corrected chi connectivity index (χ3v) is 7.19. The molecule has 0 heterocycles. The van der Waals surface area contributed by atoms with E-state index in [1.165, 1.54) is 11.1 Å². The molecule has 0 aromatic heterocycles. The summed E-state index contributed by atoms with van der Waals surface area (Å²) in [7, 11) is 0. The lowest BCUT2D eigenvalue weighted by Crippen LogP contribution is -2.06. The Labute approximate surface area is 229 Å². The molecule has 0 N–H and O–H groups in total. The summed E-state index contributed by atoms with van der Waals surface area (Å²) in [6, 6.07) is 13.7. The molecule has 0 unspecified atom stereocenters. The highest BCUT2D eigenvalue weighted by Crippen LogP contribution is 2.33. The Morgan fingerprint density at radius 1 is 0.615 bits per heavy atom. The molecule has 0 aliphatic heterocycles. The van der Waals surface area contributed by atoms with E-state index >= 15 is 0 Å². The predicted octanol–water partition coefficient (Wildman–Crippen LogP) is 9.19. The number of hydrogen-bond acceptors (Lipinski definition) is 4. The van der Waals surface area contributed by atoms with Crippen LogP contribution in [0.25, 0.3) is 11.1 Å². The van der Waals surface area contributed by atoms with Gasteiger partial charge in [-0.25, -0.2) is 0 Å². The average molecular weight is 523 g/mol. The van der Waals surface area contributed by atoms with Crippen molar-refractivity contribution in [3.05, 3.63) is 140 Å². The number of hydrogen-bond donors (Lipinski definition) is 0. The molecule has 4 rings (SSSR count). The van der Waals surface area contributed by atoms with Gasteiger partial charge in [0.25, 0.3) is 11.4 Å². The van der Waals surface area contributed by atoms with E-state index in [2.05, 4.69) is 62.5 Å². The maximum absolute atomic E-state index is 11.0. The maximum atomic E-state index is 11.0. The molecule has 0 amide bonds. The molecule has 0 bridgehead atoms. The third kappa shape index (κ3) is 6.96. The Bertz CT molecular complexity index is 1250. The van der Waals surface area contributed by atoms with Crippen molar-refractivity contribution >= 4 is 22.5 Å². The number of non-ortho nitro benzene ring substituents is 2. The van der Waals surface area contributed by atoms with Crippen molar-refractivity contribution in [2.45, 2.75) is 46.0 Å². The molecular weight excluding hydrogens is 488 g/mol. The first-order chi connectivity index (χ1) is 18.9. The molecule has 2 aliphatic carbocycles. The quantitative estimate of drug-likeness (QED) is 0.230. The van der Waals surface area contributed by atoms with Crippen LogP contribution in [-0.4, -0.2) is 9.85 Å². The highest BCUT2D eigenvalue weighted by Gasteiger charge is 2.16. The summed E-state index contributed by atoms with van der Waals surface area (Å²) in [5.41, 5.74) is 7.01. The van der Waals surface area contributed by atoms with Crippen molar-refractivity contribution < 1.29 is 9.85 Å². The summed E-state index contributed by atoms with van der Waals surface area (Å²) in [5.74, 6) is 0.645. The first-order valence-electron chi connectivity index (χ1n) is 13.6. The van der Waals surface area contributed by atoms with Gasteiger partial charge in [0.05, 0.1) is 9.85 Å². The first kappa shape index (κ1) is 27.7. The van der Waals surface area contributed by atoms with E-state index in [9.17, 15) is 20.2 Å². The fraction of sp³-hybridized carbons (Fsp3) is 0.273. The summed E-state index contributed by atoms with van der Waals surface area (Å²) in [6.07, 6.45) is 22.5. The van der Waals surface area contributed by atoms with Crippen LogP contribution in [0.1, 0.15) is 57.1 Å². The molecule has 0 radical (unpaired) electrons. The number of rotatable bonds is 10. The summed E-state index contributed by atoms with van der Waals surface area (Å²) >= 11 is 0. The lowest BCUT2D eigenvalue weighted by molar-refractivity contribution is -0.385.